The molecule has 7 aromatic carbocycles. The van der Waals surface area contributed by atoms with Gasteiger partial charge in [0.15, 0.2) is 5.84 Å². The number of nitrogens with one attached hydrogen (secondary N) is 1. The summed E-state index contributed by atoms with van der Waals surface area (Å²) in [6.45, 7) is 0. The van der Waals surface area contributed by atoms with Crippen molar-refractivity contribution < 1.29 is 0 Å². The Labute approximate surface area is 293 Å². The van der Waals surface area contributed by atoms with Gasteiger partial charge in [0.05, 0.1) is 16.7 Å². The first-order chi connectivity index (χ1) is 24.8. The lowest BCUT2D eigenvalue weighted by atomic mass is 9.99. The van der Waals surface area contributed by atoms with Gasteiger partial charge in [-0.3, -0.25) is 0 Å². The second-order valence-electron chi connectivity index (χ2n) is 12.6. The van der Waals surface area contributed by atoms with Gasteiger partial charge in [-0.05, 0) is 47.0 Å². The standard InChI is InChI=1S/C45H30N4S/c1-4-15-29(16-5-1)32-22-13-26-37-40(32)33-21-10-11-25-36(33)49(37)38-27-14-28-39-41(38)34-23-12-24-35(42(34)50-39)45-47-43(30-17-6-2-7-18-30)46-44(48-45)31-19-8-3-9-20-31/h1-28,43H,(H,46,47,48). The number of amidine groups is 2. The summed E-state index contributed by atoms with van der Waals surface area (Å²) in [6.07, 6.45) is -0.254. The first kappa shape index (κ1) is 28.7. The van der Waals surface area contributed by atoms with E-state index in [4.69, 9.17) is 9.98 Å². The van der Waals surface area contributed by atoms with Gasteiger partial charge in [-0.1, -0.05) is 140 Å². The lowest BCUT2D eigenvalue weighted by Gasteiger charge is -2.23. The van der Waals surface area contributed by atoms with E-state index in [9.17, 15) is 0 Å². The van der Waals surface area contributed by atoms with Gasteiger partial charge in [-0.25, -0.2) is 9.98 Å². The molecule has 3 heterocycles. The smallest absolute Gasteiger partial charge is 0.160 e. The molecule has 5 heteroatoms. The fraction of sp³-hybridized carbons (Fsp3) is 0.0222. The molecule has 1 unspecified atom stereocenters. The van der Waals surface area contributed by atoms with Crippen LogP contribution in [-0.2, 0) is 0 Å². The molecule has 1 atom stereocenters. The zero-order valence-corrected chi connectivity index (χ0v) is 27.8. The van der Waals surface area contributed by atoms with Crippen LogP contribution in [0.15, 0.2) is 180 Å². The Hall–Kier alpha value is -6.30. The van der Waals surface area contributed by atoms with Crippen LogP contribution < -0.4 is 5.32 Å². The number of hydrogen-bond donors (Lipinski definition) is 1. The molecular formula is C45H30N4S. The van der Waals surface area contributed by atoms with Crippen molar-refractivity contribution in [2.45, 2.75) is 6.17 Å². The van der Waals surface area contributed by atoms with Crippen LogP contribution in [0.5, 0.6) is 0 Å². The summed E-state index contributed by atoms with van der Waals surface area (Å²) < 4.78 is 4.87. The third kappa shape index (κ3) is 4.59. The van der Waals surface area contributed by atoms with E-state index < -0.39 is 0 Å². The SMILES string of the molecule is c1ccc(C2=NC(c3cccc4c3sc3cccc(-n5c6ccccc6c6c(-c7ccccc7)cccc65)c34)=NC(c3ccccc3)N2)cc1. The number of benzene rings is 7. The monoisotopic (exact) mass is 658 g/mol. The van der Waals surface area contributed by atoms with Crippen molar-refractivity contribution in [3.8, 4) is 16.8 Å². The van der Waals surface area contributed by atoms with Crippen LogP contribution >= 0.6 is 11.3 Å². The predicted molar refractivity (Wildman–Crippen MR) is 211 cm³/mol. The van der Waals surface area contributed by atoms with E-state index >= 15 is 0 Å². The molecule has 4 nitrogen and oxygen atoms in total. The second-order valence-corrected chi connectivity index (χ2v) is 13.6. The Bertz CT molecular complexity index is 2780. The molecule has 0 radical (unpaired) electrons. The normalized spacial score (nSPS) is 14.6. The summed E-state index contributed by atoms with van der Waals surface area (Å²) in [5.74, 6) is 1.56. The molecule has 1 N–H and O–H groups in total. The minimum absolute atomic E-state index is 0.254. The van der Waals surface area contributed by atoms with Gasteiger partial charge in [-0.2, -0.15) is 0 Å². The molecule has 0 saturated heterocycles. The van der Waals surface area contributed by atoms with Crippen molar-refractivity contribution in [1.29, 1.82) is 0 Å². The van der Waals surface area contributed by atoms with Crippen LogP contribution in [-0.4, -0.2) is 16.2 Å². The number of aromatic nitrogens is 1. The average molecular weight is 659 g/mol. The molecule has 1 aliphatic heterocycles. The number of nitrogens with zero attached hydrogens (tertiary/aromatic N) is 3. The highest BCUT2D eigenvalue weighted by molar-refractivity contribution is 7.26. The molecule has 236 valence electrons. The maximum absolute atomic E-state index is 5.23. The van der Waals surface area contributed by atoms with Gasteiger partial charge in [0, 0.05) is 42.1 Å². The lowest BCUT2D eigenvalue weighted by Crippen LogP contribution is -2.33. The van der Waals surface area contributed by atoms with Crippen LogP contribution in [0.2, 0.25) is 0 Å². The molecule has 0 bridgehead atoms. The highest BCUT2D eigenvalue weighted by Crippen LogP contribution is 2.44. The zero-order valence-electron chi connectivity index (χ0n) is 27.0. The van der Waals surface area contributed by atoms with E-state index in [1.54, 1.807) is 0 Å². The Balaban J connectivity index is 1.21. The van der Waals surface area contributed by atoms with E-state index in [2.05, 4.69) is 155 Å². The molecular weight excluding hydrogens is 629 g/mol. The Morgan fingerprint density at radius 2 is 1.16 bits per heavy atom. The second kappa shape index (κ2) is 11.7. The average Bonchev–Trinajstić information content (AvgIpc) is 3.75. The van der Waals surface area contributed by atoms with Crippen molar-refractivity contribution in [2.24, 2.45) is 9.98 Å². The fourth-order valence-corrected chi connectivity index (χ4v) is 8.68. The van der Waals surface area contributed by atoms with Crippen molar-refractivity contribution in [1.82, 2.24) is 9.88 Å². The van der Waals surface area contributed by atoms with Crippen LogP contribution in [0.3, 0.4) is 0 Å². The van der Waals surface area contributed by atoms with Gasteiger partial charge in [0.25, 0.3) is 0 Å². The summed E-state index contributed by atoms with van der Waals surface area (Å²) in [7, 11) is 0. The van der Waals surface area contributed by atoms with Gasteiger partial charge in [0.1, 0.15) is 12.0 Å². The molecule has 0 aliphatic carbocycles. The van der Waals surface area contributed by atoms with Crippen molar-refractivity contribution in [2.75, 3.05) is 0 Å². The van der Waals surface area contributed by atoms with Crippen LogP contribution in [0, 0.1) is 0 Å². The number of hydrogen-bond acceptors (Lipinski definition) is 4. The van der Waals surface area contributed by atoms with E-state index in [1.165, 1.54) is 58.8 Å². The molecule has 2 aromatic heterocycles. The number of aliphatic imine (C=N–C) groups is 2. The van der Waals surface area contributed by atoms with Gasteiger partial charge >= 0.3 is 0 Å². The third-order valence-corrected chi connectivity index (χ3v) is 10.9. The molecule has 50 heavy (non-hydrogen) atoms. The maximum Gasteiger partial charge on any atom is 0.160 e. The van der Waals surface area contributed by atoms with Crippen molar-refractivity contribution in [3.05, 3.63) is 187 Å². The fourth-order valence-electron chi connectivity index (χ4n) is 7.45. The van der Waals surface area contributed by atoms with Gasteiger partial charge < -0.3 is 9.88 Å². The number of para-hydroxylation sites is 1. The van der Waals surface area contributed by atoms with Crippen molar-refractivity contribution >= 4 is 65.0 Å². The summed E-state index contributed by atoms with van der Waals surface area (Å²) in [4.78, 5) is 10.4. The molecule has 0 spiro atoms. The van der Waals surface area contributed by atoms with E-state index in [-0.39, 0.29) is 6.17 Å². The van der Waals surface area contributed by atoms with E-state index in [0.29, 0.717) is 0 Å². The quantitative estimate of drug-likeness (QED) is 0.196. The Kier molecular flexibility index (Phi) is 6.71. The molecule has 0 amide bonds. The topological polar surface area (TPSA) is 41.7 Å². The van der Waals surface area contributed by atoms with E-state index in [0.717, 1.165) is 28.4 Å². The first-order valence-electron chi connectivity index (χ1n) is 16.9. The summed E-state index contributed by atoms with van der Waals surface area (Å²) in [6, 6.07) is 60.2. The molecule has 0 saturated carbocycles. The number of fused-ring (bicyclic) bond motifs is 6. The van der Waals surface area contributed by atoms with Crippen molar-refractivity contribution in [3.63, 3.8) is 0 Å². The molecule has 0 fully saturated rings. The van der Waals surface area contributed by atoms with Crippen LogP contribution in [0.4, 0.5) is 0 Å². The summed E-state index contributed by atoms with van der Waals surface area (Å²) >= 11 is 1.81. The Morgan fingerprint density at radius 1 is 0.520 bits per heavy atom. The highest BCUT2D eigenvalue weighted by atomic mass is 32.1. The minimum Gasteiger partial charge on any atom is -0.344 e. The van der Waals surface area contributed by atoms with Gasteiger partial charge in [-0.15, -0.1) is 11.3 Å². The third-order valence-electron chi connectivity index (χ3n) is 9.67. The predicted octanol–water partition coefficient (Wildman–Crippen LogP) is 11.3. The zero-order chi connectivity index (χ0) is 33.0. The van der Waals surface area contributed by atoms with Crippen LogP contribution in [0.25, 0.3) is 58.8 Å². The minimum atomic E-state index is -0.254. The number of thiophene rings is 1. The van der Waals surface area contributed by atoms with E-state index in [1.807, 2.05) is 35.6 Å². The molecule has 10 rings (SSSR count). The summed E-state index contributed by atoms with van der Waals surface area (Å²) in [5.41, 5.74) is 9.20. The summed E-state index contributed by atoms with van der Waals surface area (Å²) in [5, 5.41) is 8.56. The molecule has 9 aromatic rings. The van der Waals surface area contributed by atoms with Crippen LogP contribution in [0.1, 0.15) is 22.9 Å². The molecule has 1 aliphatic rings. The maximum atomic E-state index is 5.23. The largest absolute Gasteiger partial charge is 0.344 e. The Morgan fingerprint density at radius 3 is 1.98 bits per heavy atom. The highest BCUT2D eigenvalue weighted by Gasteiger charge is 2.24. The first-order valence-corrected chi connectivity index (χ1v) is 17.7. The number of rotatable bonds is 5. The van der Waals surface area contributed by atoms with Gasteiger partial charge in [0.2, 0.25) is 0 Å². The lowest BCUT2D eigenvalue weighted by molar-refractivity contribution is 0.674.